The molecule has 2 aliphatic heterocycles. The summed E-state index contributed by atoms with van der Waals surface area (Å²) in [5.41, 5.74) is 0. The highest BCUT2D eigenvalue weighted by molar-refractivity contribution is 14.0. The van der Waals surface area contributed by atoms with Gasteiger partial charge in [-0.2, -0.15) is 0 Å². The molecule has 0 saturated carbocycles. The molecule has 2 rings (SSSR count). The molecule has 2 saturated heterocycles. The van der Waals surface area contributed by atoms with E-state index in [2.05, 4.69) is 34.4 Å². The van der Waals surface area contributed by atoms with Crippen LogP contribution in [0.2, 0.25) is 0 Å². The zero-order chi connectivity index (χ0) is 16.3. The van der Waals surface area contributed by atoms with Crippen LogP contribution in [0.25, 0.3) is 0 Å². The van der Waals surface area contributed by atoms with Gasteiger partial charge in [0.2, 0.25) is 0 Å². The molecule has 0 unspecified atom stereocenters. The Morgan fingerprint density at radius 3 is 2.50 bits per heavy atom. The SMILES string of the molecule is CCNC(=NCCC1CCN(C)CC1)NCCN1CCOCC1.I. The number of aliphatic imine (C=N–C) groups is 1. The van der Waals surface area contributed by atoms with Crippen LogP contribution >= 0.6 is 24.0 Å². The van der Waals surface area contributed by atoms with Crippen molar-refractivity contribution in [2.24, 2.45) is 10.9 Å². The predicted octanol–water partition coefficient (Wildman–Crippen LogP) is 1.22. The highest BCUT2D eigenvalue weighted by atomic mass is 127. The van der Waals surface area contributed by atoms with Crippen LogP contribution in [0.5, 0.6) is 0 Å². The molecule has 6 nitrogen and oxygen atoms in total. The summed E-state index contributed by atoms with van der Waals surface area (Å²) in [5, 5.41) is 6.81. The van der Waals surface area contributed by atoms with Crippen molar-refractivity contribution >= 4 is 29.9 Å². The summed E-state index contributed by atoms with van der Waals surface area (Å²) in [5.74, 6) is 1.82. The molecule has 24 heavy (non-hydrogen) atoms. The van der Waals surface area contributed by atoms with Crippen molar-refractivity contribution in [1.82, 2.24) is 20.4 Å². The van der Waals surface area contributed by atoms with Crippen molar-refractivity contribution in [2.45, 2.75) is 26.2 Å². The van der Waals surface area contributed by atoms with Gasteiger partial charge >= 0.3 is 0 Å². The summed E-state index contributed by atoms with van der Waals surface area (Å²) in [6.07, 6.45) is 3.87. The third kappa shape index (κ3) is 8.82. The number of likely N-dealkylation sites (tertiary alicyclic amines) is 1. The molecule has 0 aromatic carbocycles. The number of guanidine groups is 1. The van der Waals surface area contributed by atoms with Crippen LogP contribution in [0.4, 0.5) is 0 Å². The Morgan fingerprint density at radius 2 is 1.83 bits per heavy atom. The third-order valence-corrected chi connectivity index (χ3v) is 4.81. The fraction of sp³-hybridized carbons (Fsp3) is 0.941. The molecule has 0 aromatic rings. The van der Waals surface area contributed by atoms with E-state index < -0.39 is 0 Å². The number of nitrogens with zero attached hydrogens (tertiary/aromatic N) is 3. The monoisotopic (exact) mass is 453 g/mol. The normalized spacial score (nSPS) is 21.3. The van der Waals surface area contributed by atoms with Gasteiger partial charge in [-0.05, 0) is 52.2 Å². The summed E-state index contributed by atoms with van der Waals surface area (Å²) in [6.45, 7) is 12.3. The Morgan fingerprint density at radius 1 is 1.12 bits per heavy atom. The summed E-state index contributed by atoms with van der Waals surface area (Å²) in [7, 11) is 2.22. The van der Waals surface area contributed by atoms with E-state index in [9.17, 15) is 0 Å². The van der Waals surface area contributed by atoms with E-state index in [1.165, 1.54) is 32.4 Å². The van der Waals surface area contributed by atoms with Crippen LogP contribution < -0.4 is 10.6 Å². The van der Waals surface area contributed by atoms with Gasteiger partial charge < -0.3 is 20.3 Å². The fourth-order valence-corrected chi connectivity index (χ4v) is 3.21. The minimum absolute atomic E-state index is 0. The average molecular weight is 453 g/mol. The van der Waals surface area contributed by atoms with E-state index in [-0.39, 0.29) is 24.0 Å². The van der Waals surface area contributed by atoms with Crippen molar-refractivity contribution in [3.63, 3.8) is 0 Å². The van der Waals surface area contributed by atoms with Gasteiger partial charge in [0.15, 0.2) is 5.96 Å². The van der Waals surface area contributed by atoms with Crippen LogP contribution in [0, 0.1) is 5.92 Å². The topological polar surface area (TPSA) is 52.1 Å². The molecule has 2 N–H and O–H groups in total. The largest absolute Gasteiger partial charge is 0.379 e. The Kier molecular flexibility index (Phi) is 12.0. The maximum Gasteiger partial charge on any atom is 0.191 e. The van der Waals surface area contributed by atoms with Gasteiger partial charge in [-0.3, -0.25) is 9.89 Å². The van der Waals surface area contributed by atoms with Crippen molar-refractivity contribution < 1.29 is 4.74 Å². The van der Waals surface area contributed by atoms with E-state index >= 15 is 0 Å². The summed E-state index contributed by atoms with van der Waals surface area (Å²) in [6, 6.07) is 0. The lowest BCUT2D eigenvalue weighted by atomic mass is 9.94. The zero-order valence-corrected chi connectivity index (χ0v) is 17.8. The number of piperidine rings is 1. The summed E-state index contributed by atoms with van der Waals surface area (Å²) in [4.78, 5) is 9.62. The van der Waals surface area contributed by atoms with E-state index in [4.69, 9.17) is 9.73 Å². The number of hydrogen-bond donors (Lipinski definition) is 2. The van der Waals surface area contributed by atoms with Gasteiger partial charge in [0, 0.05) is 39.3 Å². The number of rotatable bonds is 7. The maximum absolute atomic E-state index is 5.38. The molecule has 2 heterocycles. The molecular formula is C17H36IN5O. The van der Waals surface area contributed by atoms with Gasteiger partial charge in [-0.15, -0.1) is 24.0 Å². The van der Waals surface area contributed by atoms with Crippen LogP contribution in [0.3, 0.4) is 0 Å². The molecule has 0 radical (unpaired) electrons. The summed E-state index contributed by atoms with van der Waals surface area (Å²) >= 11 is 0. The van der Waals surface area contributed by atoms with E-state index in [0.29, 0.717) is 0 Å². The second-order valence-electron chi connectivity index (χ2n) is 6.68. The smallest absolute Gasteiger partial charge is 0.191 e. The number of halogens is 1. The molecule has 2 aliphatic rings. The van der Waals surface area contributed by atoms with Gasteiger partial charge in [0.1, 0.15) is 0 Å². The molecule has 142 valence electrons. The van der Waals surface area contributed by atoms with Crippen molar-refractivity contribution in [1.29, 1.82) is 0 Å². The van der Waals surface area contributed by atoms with Gasteiger partial charge in [0.05, 0.1) is 13.2 Å². The standard InChI is InChI=1S/C17H35N5O.HI/c1-3-18-17(20-8-11-22-12-14-23-15-13-22)19-7-4-16-5-9-21(2)10-6-16;/h16H,3-15H2,1-2H3,(H2,18,19,20);1H. The quantitative estimate of drug-likeness (QED) is 0.345. The third-order valence-electron chi connectivity index (χ3n) is 4.81. The lowest BCUT2D eigenvalue weighted by Crippen LogP contribution is -2.44. The first-order valence-corrected chi connectivity index (χ1v) is 9.28. The molecule has 2 fully saturated rings. The highest BCUT2D eigenvalue weighted by Gasteiger charge is 2.16. The Hall–Kier alpha value is -0.120. The molecular weight excluding hydrogens is 417 g/mol. The molecule has 0 aromatic heterocycles. The average Bonchev–Trinajstić information content (AvgIpc) is 2.58. The second kappa shape index (κ2) is 13.1. The van der Waals surface area contributed by atoms with Gasteiger partial charge in [-0.1, -0.05) is 0 Å². The molecule has 0 bridgehead atoms. The number of hydrogen-bond acceptors (Lipinski definition) is 4. The van der Waals surface area contributed by atoms with Crippen LogP contribution in [-0.4, -0.2) is 88.4 Å². The first-order chi connectivity index (χ1) is 11.3. The molecule has 0 amide bonds. The lowest BCUT2D eigenvalue weighted by molar-refractivity contribution is 0.0389. The van der Waals surface area contributed by atoms with Crippen LogP contribution in [0.1, 0.15) is 26.2 Å². The van der Waals surface area contributed by atoms with Gasteiger partial charge in [0.25, 0.3) is 0 Å². The first-order valence-electron chi connectivity index (χ1n) is 9.28. The van der Waals surface area contributed by atoms with E-state index in [0.717, 1.165) is 64.4 Å². The Bertz CT molecular complexity index is 342. The molecule has 0 aliphatic carbocycles. The number of morpholine rings is 1. The van der Waals surface area contributed by atoms with Crippen molar-refractivity contribution in [3.05, 3.63) is 0 Å². The number of ether oxygens (including phenoxy) is 1. The predicted molar refractivity (Wildman–Crippen MR) is 111 cm³/mol. The highest BCUT2D eigenvalue weighted by Crippen LogP contribution is 2.19. The lowest BCUT2D eigenvalue weighted by Gasteiger charge is -2.28. The Balaban J connectivity index is 0.00000288. The minimum Gasteiger partial charge on any atom is -0.379 e. The van der Waals surface area contributed by atoms with Crippen molar-refractivity contribution in [3.8, 4) is 0 Å². The van der Waals surface area contributed by atoms with E-state index in [1.807, 2.05) is 0 Å². The Labute approximate surface area is 164 Å². The van der Waals surface area contributed by atoms with E-state index in [1.54, 1.807) is 0 Å². The first kappa shape index (κ1) is 21.9. The molecule has 7 heteroatoms. The second-order valence-corrected chi connectivity index (χ2v) is 6.68. The zero-order valence-electron chi connectivity index (χ0n) is 15.4. The van der Waals surface area contributed by atoms with Crippen LogP contribution in [-0.2, 0) is 4.74 Å². The molecule has 0 atom stereocenters. The maximum atomic E-state index is 5.38. The van der Waals surface area contributed by atoms with Gasteiger partial charge in [-0.25, -0.2) is 0 Å². The minimum atomic E-state index is 0. The number of nitrogens with one attached hydrogen (secondary N) is 2. The summed E-state index contributed by atoms with van der Waals surface area (Å²) < 4.78 is 5.38. The fourth-order valence-electron chi connectivity index (χ4n) is 3.21. The van der Waals surface area contributed by atoms with Crippen molar-refractivity contribution in [2.75, 3.05) is 72.6 Å². The molecule has 0 spiro atoms. The van der Waals surface area contributed by atoms with Crippen LogP contribution in [0.15, 0.2) is 4.99 Å².